The zero-order valence-corrected chi connectivity index (χ0v) is 19.1. The summed E-state index contributed by atoms with van der Waals surface area (Å²) in [4.78, 5) is 0.506. The Morgan fingerprint density at radius 3 is 2.24 bits per heavy atom. The molecule has 1 aliphatic carbocycles. The Morgan fingerprint density at radius 1 is 1.00 bits per heavy atom. The monoisotopic (exact) mass is 415 g/mol. The molecule has 1 fully saturated rings. The molecule has 2 aliphatic heterocycles. The summed E-state index contributed by atoms with van der Waals surface area (Å²) in [6, 6.07) is 0. The zero-order chi connectivity index (χ0) is 21.0. The second kappa shape index (κ2) is 7.28. The van der Waals surface area contributed by atoms with E-state index in [2.05, 4.69) is 38.2 Å². The van der Waals surface area contributed by atoms with Gasteiger partial charge in [0.15, 0.2) is 0 Å². The molecule has 0 saturated carbocycles. The third kappa shape index (κ3) is 3.57. The van der Waals surface area contributed by atoms with Crippen LogP contribution in [0.3, 0.4) is 0 Å². The lowest BCUT2D eigenvalue weighted by molar-refractivity contribution is 0.137. The van der Waals surface area contributed by atoms with E-state index in [9.17, 15) is 8.42 Å². The highest BCUT2D eigenvalue weighted by atomic mass is 32.2. The summed E-state index contributed by atoms with van der Waals surface area (Å²) in [5.74, 6) is 1.88. The largest absolute Gasteiger partial charge is 0.487 e. The van der Waals surface area contributed by atoms with Crippen LogP contribution < -0.4 is 4.74 Å². The third-order valence-electron chi connectivity index (χ3n) is 6.92. The summed E-state index contributed by atoms with van der Waals surface area (Å²) in [6.07, 6.45) is 12.6. The molecule has 5 heteroatoms. The van der Waals surface area contributed by atoms with Gasteiger partial charge in [-0.15, -0.1) is 0 Å². The number of fused-ring (bicyclic) bond motifs is 1. The third-order valence-corrected chi connectivity index (χ3v) is 9.09. The molecule has 0 atom stereocenters. The molecule has 0 unspecified atom stereocenters. The van der Waals surface area contributed by atoms with Gasteiger partial charge in [0.2, 0.25) is 10.0 Å². The fraction of sp³-hybridized carbons (Fsp3) is 0.583. The molecule has 29 heavy (non-hydrogen) atoms. The number of rotatable bonds is 3. The molecular formula is C24H33NO3S. The maximum absolute atomic E-state index is 13.7. The van der Waals surface area contributed by atoms with Crippen LogP contribution in [0.1, 0.15) is 55.4 Å². The predicted molar refractivity (Wildman–Crippen MR) is 117 cm³/mol. The summed E-state index contributed by atoms with van der Waals surface area (Å²) >= 11 is 0. The van der Waals surface area contributed by atoms with Gasteiger partial charge in [-0.25, -0.2) is 8.42 Å². The van der Waals surface area contributed by atoms with E-state index in [1.54, 1.807) is 4.31 Å². The number of hydrogen-bond donors (Lipinski definition) is 0. The quantitative estimate of drug-likeness (QED) is 0.663. The Hall–Kier alpha value is -1.59. The first kappa shape index (κ1) is 20.7. The molecule has 2 heterocycles. The van der Waals surface area contributed by atoms with Crippen molar-refractivity contribution in [3.63, 3.8) is 0 Å². The molecule has 1 aromatic rings. The highest BCUT2D eigenvalue weighted by molar-refractivity contribution is 7.89. The number of ether oxygens (including phenoxy) is 1. The van der Waals surface area contributed by atoms with E-state index >= 15 is 0 Å². The molecular weight excluding hydrogens is 382 g/mol. The average Bonchev–Trinajstić information content (AvgIpc) is 3.03. The van der Waals surface area contributed by atoms with E-state index in [1.807, 2.05) is 20.8 Å². The minimum Gasteiger partial charge on any atom is -0.487 e. The van der Waals surface area contributed by atoms with Crippen LogP contribution >= 0.6 is 0 Å². The topological polar surface area (TPSA) is 46.6 Å². The number of sulfonamides is 1. The van der Waals surface area contributed by atoms with Gasteiger partial charge in [-0.2, -0.15) is 4.31 Å². The van der Waals surface area contributed by atoms with Crippen LogP contribution in [0.25, 0.3) is 0 Å². The molecule has 0 bridgehead atoms. The normalized spacial score (nSPS) is 22.7. The van der Waals surface area contributed by atoms with Crippen molar-refractivity contribution in [3.8, 4) is 5.75 Å². The summed E-state index contributed by atoms with van der Waals surface area (Å²) in [6.45, 7) is 11.2. The van der Waals surface area contributed by atoms with Gasteiger partial charge in [-0.3, -0.25) is 0 Å². The Labute approximate surface area is 175 Å². The van der Waals surface area contributed by atoms with Gasteiger partial charge in [0.1, 0.15) is 11.4 Å². The van der Waals surface area contributed by atoms with Crippen LogP contribution in [0.2, 0.25) is 0 Å². The summed E-state index contributed by atoms with van der Waals surface area (Å²) in [5, 5.41) is 0. The first-order valence-corrected chi connectivity index (χ1v) is 12.2. The highest BCUT2D eigenvalue weighted by Crippen LogP contribution is 2.44. The van der Waals surface area contributed by atoms with Gasteiger partial charge < -0.3 is 4.74 Å². The van der Waals surface area contributed by atoms with Crippen molar-refractivity contribution in [2.75, 3.05) is 13.1 Å². The Kier molecular flexibility index (Phi) is 5.19. The summed E-state index contributed by atoms with van der Waals surface area (Å²) in [5.41, 5.74) is 3.44. The van der Waals surface area contributed by atoms with Gasteiger partial charge in [0.05, 0.1) is 4.90 Å². The number of piperidine rings is 1. The number of hydrogen-bond acceptors (Lipinski definition) is 3. The van der Waals surface area contributed by atoms with Crippen molar-refractivity contribution in [2.24, 2.45) is 11.8 Å². The second-order valence-corrected chi connectivity index (χ2v) is 11.3. The Morgan fingerprint density at radius 2 is 1.62 bits per heavy atom. The number of allylic oxidation sites excluding steroid dienone is 4. The minimum atomic E-state index is -3.52. The van der Waals surface area contributed by atoms with Gasteiger partial charge >= 0.3 is 0 Å². The molecule has 1 saturated heterocycles. The van der Waals surface area contributed by atoms with Crippen LogP contribution in [0.5, 0.6) is 5.75 Å². The van der Waals surface area contributed by atoms with Crippen molar-refractivity contribution in [1.82, 2.24) is 4.31 Å². The molecule has 0 radical (unpaired) electrons. The number of nitrogens with zero attached hydrogens (tertiary/aromatic N) is 1. The molecule has 0 N–H and O–H groups in total. The molecule has 0 aromatic heterocycles. The average molecular weight is 416 g/mol. The lowest BCUT2D eigenvalue weighted by Crippen LogP contribution is -2.40. The van der Waals surface area contributed by atoms with E-state index in [1.165, 1.54) is 0 Å². The molecule has 0 spiro atoms. The Balaban J connectivity index is 1.62. The molecule has 0 amide bonds. The SMILES string of the molecule is Cc1c(C)c(S(=O)(=O)N2CCC(C3C=CCC=C3)CC2)c(C)c2c1OC(C)(C)C2. The van der Waals surface area contributed by atoms with E-state index in [4.69, 9.17) is 4.74 Å². The molecule has 1 aromatic carbocycles. The molecule has 4 nitrogen and oxygen atoms in total. The van der Waals surface area contributed by atoms with Gasteiger partial charge in [0.25, 0.3) is 0 Å². The fourth-order valence-corrected chi connectivity index (χ4v) is 7.19. The summed E-state index contributed by atoms with van der Waals surface area (Å²) in [7, 11) is -3.52. The van der Waals surface area contributed by atoms with Crippen LogP contribution in [0.15, 0.2) is 29.2 Å². The van der Waals surface area contributed by atoms with Crippen molar-refractivity contribution >= 4 is 10.0 Å². The van der Waals surface area contributed by atoms with Crippen molar-refractivity contribution in [1.29, 1.82) is 0 Å². The molecule has 158 valence electrons. The lowest BCUT2D eigenvalue weighted by atomic mass is 9.83. The van der Waals surface area contributed by atoms with Crippen molar-refractivity contribution < 1.29 is 13.2 Å². The zero-order valence-electron chi connectivity index (χ0n) is 18.3. The van der Waals surface area contributed by atoms with Gasteiger partial charge in [-0.05, 0) is 82.4 Å². The first-order chi connectivity index (χ1) is 13.6. The molecule has 4 rings (SSSR count). The fourth-order valence-electron chi connectivity index (χ4n) is 5.19. The van der Waals surface area contributed by atoms with Gasteiger partial charge in [-0.1, -0.05) is 24.3 Å². The van der Waals surface area contributed by atoms with Crippen LogP contribution in [0.4, 0.5) is 0 Å². The van der Waals surface area contributed by atoms with Crippen LogP contribution in [-0.4, -0.2) is 31.4 Å². The van der Waals surface area contributed by atoms with Crippen LogP contribution in [-0.2, 0) is 16.4 Å². The van der Waals surface area contributed by atoms with Crippen molar-refractivity contribution in [2.45, 2.75) is 70.8 Å². The van der Waals surface area contributed by atoms with E-state index in [0.717, 1.165) is 53.7 Å². The smallest absolute Gasteiger partial charge is 0.243 e. The maximum Gasteiger partial charge on any atom is 0.243 e. The Bertz CT molecular complexity index is 968. The summed E-state index contributed by atoms with van der Waals surface area (Å²) < 4.78 is 35.2. The van der Waals surface area contributed by atoms with E-state index in [0.29, 0.717) is 29.8 Å². The van der Waals surface area contributed by atoms with Crippen molar-refractivity contribution in [3.05, 3.63) is 46.6 Å². The predicted octanol–water partition coefficient (Wildman–Crippen LogP) is 4.86. The minimum absolute atomic E-state index is 0.286. The first-order valence-electron chi connectivity index (χ1n) is 10.8. The van der Waals surface area contributed by atoms with Gasteiger partial charge in [0, 0.05) is 25.1 Å². The number of benzene rings is 1. The standard InChI is InChI=1S/C24H33NO3S/c1-16-17(2)23(18(3)21-15-24(4,5)28-22(16)21)29(26,27)25-13-11-20(12-14-25)19-9-7-6-8-10-19/h7-10,19-20H,6,11-15H2,1-5H3. The van der Waals surface area contributed by atoms with E-state index in [-0.39, 0.29) is 5.60 Å². The maximum atomic E-state index is 13.7. The highest BCUT2D eigenvalue weighted by Gasteiger charge is 2.39. The second-order valence-electron chi connectivity index (χ2n) is 9.46. The molecule has 3 aliphatic rings. The van der Waals surface area contributed by atoms with Crippen LogP contribution in [0, 0.1) is 32.6 Å². The van der Waals surface area contributed by atoms with E-state index < -0.39 is 10.0 Å². The lowest BCUT2D eigenvalue weighted by Gasteiger charge is -2.35.